The summed E-state index contributed by atoms with van der Waals surface area (Å²) in [6, 6.07) is 0. The van der Waals surface area contributed by atoms with Crippen molar-refractivity contribution >= 4 is 22.6 Å². The maximum absolute atomic E-state index is 5.57. The predicted molar refractivity (Wildman–Crippen MR) is 46.7 cm³/mol. The van der Waals surface area contributed by atoms with Gasteiger partial charge in [-0.15, -0.1) is 0 Å². The maximum atomic E-state index is 5.57. The maximum Gasteiger partial charge on any atom is 0.117 e. The molecule has 50 valence electrons. The van der Waals surface area contributed by atoms with Crippen molar-refractivity contribution in [3.05, 3.63) is 23.9 Å². The molecule has 0 amide bonds. The van der Waals surface area contributed by atoms with Crippen molar-refractivity contribution in [3.8, 4) is 0 Å². The van der Waals surface area contributed by atoms with E-state index in [4.69, 9.17) is 5.84 Å². The first-order valence-electron chi connectivity index (χ1n) is 2.74. The lowest BCUT2D eigenvalue weighted by molar-refractivity contribution is 0.408. The summed E-state index contributed by atoms with van der Waals surface area (Å²) in [6.45, 7) is 2.07. The van der Waals surface area contributed by atoms with Crippen molar-refractivity contribution in [1.29, 1.82) is 0 Å². The van der Waals surface area contributed by atoms with Crippen LogP contribution in [0.4, 0.5) is 0 Å². The average Bonchev–Trinajstić information content (AvgIpc) is 1.83. The van der Waals surface area contributed by atoms with E-state index in [-0.39, 0.29) is 0 Å². The summed E-state index contributed by atoms with van der Waals surface area (Å²) in [4.78, 5) is 0. The van der Waals surface area contributed by atoms with Gasteiger partial charge in [0.05, 0.1) is 0 Å². The van der Waals surface area contributed by atoms with Gasteiger partial charge in [0.1, 0.15) is 4.05 Å². The number of hydrogen-bond donors (Lipinski definition) is 1. The molecule has 0 saturated carbocycles. The van der Waals surface area contributed by atoms with Gasteiger partial charge in [0.2, 0.25) is 0 Å². The molecule has 0 radical (unpaired) electrons. The minimum atomic E-state index is 0.326. The average molecular weight is 236 g/mol. The van der Waals surface area contributed by atoms with Gasteiger partial charge in [-0.05, 0) is 18.6 Å². The van der Waals surface area contributed by atoms with Gasteiger partial charge in [-0.25, -0.2) is 5.84 Å². The lowest BCUT2D eigenvalue weighted by atomic mass is 10.2. The number of alkyl halides is 1. The smallest absolute Gasteiger partial charge is 0.117 e. The van der Waals surface area contributed by atoms with E-state index < -0.39 is 0 Å². The van der Waals surface area contributed by atoms with Crippen molar-refractivity contribution < 1.29 is 0 Å². The molecule has 0 saturated heterocycles. The first-order valence-corrected chi connectivity index (χ1v) is 3.98. The molecule has 1 atom stereocenters. The summed E-state index contributed by atoms with van der Waals surface area (Å²) in [5.74, 6) is 5.57. The Kier molecular flexibility index (Phi) is 2.13. The zero-order valence-corrected chi connectivity index (χ0v) is 7.37. The summed E-state index contributed by atoms with van der Waals surface area (Å²) in [5.41, 5.74) is 1.29. The largest absolute Gasteiger partial charge is 0.301 e. The Morgan fingerprint density at radius 2 is 2.44 bits per heavy atom. The van der Waals surface area contributed by atoms with Crippen LogP contribution in [0.2, 0.25) is 0 Å². The molecule has 9 heavy (non-hydrogen) atoms. The van der Waals surface area contributed by atoms with E-state index in [1.165, 1.54) is 5.57 Å². The zero-order valence-electron chi connectivity index (χ0n) is 5.21. The number of allylic oxidation sites excluding steroid dienone is 2. The van der Waals surface area contributed by atoms with Crippen LogP contribution in [0, 0.1) is 0 Å². The Hall–Kier alpha value is -0.0300. The number of rotatable bonds is 0. The molecule has 2 N–H and O–H groups in total. The van der Waals surface area contributed by atoms with E-state index in [2.05, 4.69) is 35.6 Å². The molecule has 0 spiro atoms. The zero-order chi connectivity index (χ0) is 6.85. The second-order valence-electron chi connectivity index (χ2n) is 2.04. The van der Waals surface area contributed by atoms with E-state index in [0.29, 0.717) is 4.05 Å². The number of halogens is 1. The van der Waals surface area contributed by atoms with Gasteiger partial charge in [-0.2, -0.15) is 0 Å². The summed E-state index contributed by atoms with van der Waals surface area (Å²) < 4.78 is 0.326. The van der Waals surface area contributed by atoms with Gasteiger partial charge in [-0.1, -0.05) is 28.7 Å². The number of nitrogens with zero attached hydrogens (tertiary/aromatic N) is 1. The van der Waals surface area contributed by atoms with E-state index in [1.807, 2.05) is 12.3 Å². The summed E-state index contributed by atoms with van der Waals surface area (Å²) in [5, 5.41) is 1.69. The SMILES string of the molecule is CC1=CC=CN(N)C1I. The predicted octanol–water partition coefficient (Wildman–Crippen LogP) is 1.40. The number of hydrazine groups is 1. The second kappa shape index (κ2) is 2.70. The second-order valence-corrected chi connectivity index (χ2v) is 3.22. The lowest BCUT2D eigenvalue weighted by Crippen LogP contribution is -2.34. The van der Waals surface area contributed by atoms with Gasteiger partial charge in [0, 0.05) is 6.20 Å². The van der Waals surface area contributed by atoms with E-state index in [1.54, 1.807) is 5.01 Å². The quantitative estimate of drug-likeness (QED) is 0.298. The fourth-order valence-corrected chi connectivity index (χ4v) is 1.08. The molecule has 0 bridgehead atoms. The Bertz CT molecular complexity index is 162. The molecule has 1 aliphatic heterocycles. The molecule has 0 aliphatic carbocycles. The van der Waals surface area contributed by atoms with Crippen LogP contribution in [0.1, 0.15) is 6.92 Å². The van der Waals surface area contributed by atoms with Crippen LogP contribution in [0.3, 0.4) is 0 Å². The molecule has 0 aromatic carbocycles. The molecule has 2 nitrogen and oxygen atoms in total. The van der Waals surface area contributed by atoms with Crippen molar-refractivity contribution in [1.82, 2.24) is 5.01 Å². The molecule has 0 fully saturated rings. The fourth-order valence-electron chi connectivity index (χ4n) is 0.684. The lowest BCUT2D eigenvalue weighted by Gasteiger charge is -2.23. The summed E-state index contributed by atoms with van der Waals surface area (Å²) >= 11 is 2.29. The van der Waals surface area contributed by atoms with E-state index in [0.717, 1.165) is 0 Å². The van der Waals surface area contributed by atoms with Gasteiger partial charge >= 0.3 is 0 Å². The first-order chi connectivity index (χ1) is 4.22. The van der Waals surface area contributed by atoms with Crippen LogP contribution in [0.15, 0.2) is 23.9 Å². The Morgan fingerprint density at radius 1 is 1.78 bits per heavy atom. The van der Waals surface area contributed by atoms with Crippen molar-refractivity contribution in [2.45, 2.75) is 11.0 Å². The third kappa shape index (κ3) is 1.46. The van der Waals surface area contributed by atoms with Crippen LogP contribution in [0.5, 0.6) is 0 Å². The van der Waals surface area contributed by atoms with Crippen molar-refractivity contribution in [3.63, 3.8) is 0 Å². The molecule has 3 heteroatoms. The molecule has 1 heterocycles. The van der Waals surface area contributed by atoms with Gasteiger partial charge in [0.15, 0.2) is 0 Å². The molecular formula is C6H9IN2. The highest BCUT2D eigenvalue weighted by Gasteiger charge is 2.11. The summed E-state index contributed by atoms with van der Waals surface area (Å²) in [6.07, 6.45) is 5.88. The third-order valence-corrected chi connectivity index (χ3v) is 2.88. The summed E-state index contributed by atoms with van der Waals surface area (Å²) in [7, 11) is 0. The minimum Gasteiger partial charge on any atom is -0.301 e. The topological polar surface area (TPSA) is 29.3 Å². The number of hydrogen-bond acceptors (Lipinski definition) is 2. The standard InChI is InChI=1S/C6H9IN2/c1-5-3-2-4-9(8)6(5)7/h2-4,6H,8H2,1H3. The highest BCUT2D eigenvalue weighted by atomic mass is 127. The van der Waals surface area contributed by atoms with Crippen LogP contribution in [0.25, 0.3) is 0 Å². The third-order valence-electron chi connectivity index (χ3n) is 1.25. The van der Waals surface area contributed by atoms with Crippen LogP contribution in [-0.4, -0.2) is 9.06 Å². The van der Waals surface area contributed by atoms with Crippen LogP contribution in [-0.2, 0) is 0 Å². The minimum absolute atomic E-state index is 0.326. The van der Waals surface area contributed by atoms with Crippen LogP contribution >= 0.6 is 22.6 Å². The van der Waals surface area contributed by atoms with E-state index in [9.17, 15) is 0 Å². The van der Waals surface area contributed by atoms with Gasteiger partial charge in [0.25, 0.3) is 0 Å². The monoisotopic (exact) mass is 236 g/mol. The van der Waals surface area contributed by atoms with Crippen LogP contribution < -0.4 is 5.84 Å². The highest BCUT2D eigenvalue weighted by Crippen LogP contribution is 2.17. The van der Waals surface area contributed by atoms with Gasteiger partial charge < -0.3 is 5.01 Å². The molecule has 0 aromatic rings. The molecular weight excluding hydrogens is 227 g/mol. The Labute approximate surface area is 68.5 Å². The van der Waals surface area contributed by atoms with Crippen molar-refractivity contribution in [2.75, 3.05) is 0 Å². The first kappa shape index (κ1) is 7.08. The van der Waals surface area contributed by atoms with Gasteiger partial charge in [-0.3, -0.25) is 0 Å². The van der Waals surface area contributed by atoms with Crippen molar-refractivity contribution in [2.24, 2.45) is 5.84 Å². The Balaban J connectivity index is 2.73. The molecule has 1 aliphatic rings. The molecule has 1 unspecified atom stereocenters. The fraction of sp³-hybridized carbons (Fsp3) is 0.333. The molecule has 1 rings (SSSR count). The Morgan fingerprint density at radius 3 is 2.89 bits per heavy atom. The molecule has 0 aromatic heterocycles. The highest BCUT2D eigenvalue weighted by molar-refractivity contribution is 14.1. The normalized spacial score (nSPS) is 26.3. The number of nitrogens with two attached hydrogens (primary N) is 1. The van der Waals surface area contributed by atoms with E-state index >= 15 is 0 Å².